The molecule has 2 heterocycles. The molecule has 1 aromatic carbocycles. The van der Waals surface area contributed by atoms with E-state index in [0.717, 1.165) is 75.4 Å². The molecule has 0 atom stereocenters. The number of nitriles is 1. The number of anilines is 1. The molecule has 1 aromatic rings. The number of alkyl halides is 3. The average molecular weight is 566 g/mol. The summed E-state index contributed by atoms with van der Waals surface area (Å²) in [6.07, 6.45) is -0.971. The molecule has 214 valence electrons. The molecule has 0 radical (unpaired) electrons. The Labute approximate surface area is 234 Å². The minimum Gasteiger partial charge on any atom is -0.340 e. The van der Waals surface area contributed by atoms with Crippen LogP contribution in [0.2, 0.25) is 0 Å². The number of carbonyl (C=O) groups is 2. The van der Waals surface area contributed by atoms with Crippen molar-refractivity contribution in [3.63, 3.8) is 0 Å². The predicted molar refractivity (Wildman–Crippen MR) is 148 cm³/mol. The van der Waals surface area contributed by atoms with Gasteiger partial charge in [0.15, 0.2) is 5.11 Å². The Bertz CT molecular complexity index is 1130. The maximum Gasteiger partial charge on any atom is 0.417 e. The van der Waals surface area contributed by atoms with Crippen LogP contribution < -0.4 is 4.90 Å². The summed E-state index contributed by atoms with van der Waals surface area (Å²) >= 11 is 5.55. The number of hydrogen-bond acceptors (Lipinski definition) is 5. The van der Waals surface area contributed by atoms with Crippen molar-refractivity contribution in [1.29, 1.82) is 5.26 Å². The Morgan fingerprint density at radius 1 is 1.03 bits per heavy atom. The van der Waals surface area contributed by atoms with Gasteiger partial charge in [0.1, 0.15) is 5.54 Å². The largest absolute Gasteiger partial charge is 0.417 e. The Balaban J connectivity index is 1.50. The van der Waals surface area contributed by atoms with Crippen molar-refractivity contribution in [1.82, 2.24) is 14.7 Å². The third-order valence-electron chi connectivity index (χ3n) is 7.42. The van der Waals surface area contributed by atoms with E-state index < -0.39 is 28.7 Å². The van der Waals surface area contributed by atoms with Crippen molar-refractivity contribution in [3.05, 3.63) is 29.3 Å². The molecule has 0 aromatic heterocycles. The smallest absolute Gasteiger partial charge is 0.340 e. The van der Waals surface area contributed by atoms with Crippen LogP contribution in [-0.4, -0.2) is 76.4 Å². The molecule has 0 N–H and O–H groups in total. The first-order valence-electron chi connectivity index (χ1n) is 13.4. The molecule has 2 fully saturated rings. The van der Waals surface area contributed by atoms with Crippen LogP contribution in [-0.2, 0) is 15.8 Å². The highest BCUT2D eigenvalue weighted by Gasteiger charge is 2.49. The fourth-order valence-corrected chi connectivity index (χ4v) is 5.56. The number of carbonyl (C=O) groups excluding carboxylic acids is 2. The quantitative estimate of drug-likeness (QED) is 0.325. The van der Waals surface area contributed by atoms with Crippen LogP contribution in [0.1, 0.15) is 71.4 Å². The van der Waals surface area contributed by atoms with Crippen molar-refractivity contribution >= 4 is 34.8 Å². The molecule has 0 unspecified atom stereocenters. The van der Waals surface area contributed by atoms with Crippen LogP contribution in [0, 0.1) is 16.7 Å². The van der Waals surface area contributed by atoms with Crippen LogP contribution in [0.3, 0.4) is 0 Å². The fraction of sp³-hybridized carbons (Fsp3) is 0.643. The molecule has 11 heteroatoms. The highest BCUT2D eigenvalue weighted by atomic mass is 32.1. The van der Waals surface area contributed by atoms with Gasteiger partial charge in [-0.05, 0) is 63.7 Å². The SMILES string of the molecule is CC(C)(C)C(=O)N1CCN(CCCCCCN2C(=S)N(c3ccc(C#N)c(C(F)(F)F)c3)C(=O)C2(C)C)CC1. The molecule has 0 bridgehead atoms. The van der Waals surface area contributed by atoms with E-state index in [9.17, 15) is 22.8 Å². The van der Waals surface area contributed by atoms with E-state index in [1.807, 2.05) is 25.7 Å². The lowest BCUT2D eigenvalue weighted by Gasteiger charge is -2.37. The van der Waals surface area contributed by atoms with Gasteiger partial charge >= 0.3 is 6.18 Å². The first-order valence-corrected chi connectivity index (χ1v) is 13.8. The number of rotatable bonds is 8. The summed E-state index contributed by atoms with van der Waals surface area (Å²) < 4.78 is 40.5. The van der Waals surface area contributed by atoms with Gasteiger partial charge in [0.05, 0.1) is 22.9 Å². The number of benzene rings is 1. The Kier molecular flexibility index (Phi) is 9.33. The Morgan fingerprint density at radius 2 is 1.62 bits per heavy atom. The first kappa shape index (κ1) is 30.8. The lowest BCUT2D eigenvalue weighted by atomic mass is 9.94. The van der Waals surface area contributed by atoms with E-state index in [1.54, 1.807) is 24.8 Å². The van der Waals surface area contributed by atoms with E-state index >= 15 is 0 Å². The van der Waals surface area contributed by atoms with Crippen LogP contribution in [0.25, 0.3) is 0 Å². The summed E-state index contributed by atoms with van der Waals surface area (Å²) in [6, 6.07) is 4.78. The lowest BCUT2D eigenvalue weighted by Crippen LogP contribution is -2.51. The number of nitrogens with zero attached hydrogens (tertiary/aromatic N) is 5. The van der Waals surface area contributed by atoms with Crippen LogP contribution in [0.5, 0.6) is 0 Å². The second-order valence-electron chi connectivity index (χ2n) is 11.8. The fourth-order valence-electron chi connectivity index (χ4n) is 5.05. The van der Waals surface area contributed by atoms with Crippen molar-refractivity contribution < 1.29 is 22.8 Å². The number of hydrogen-bond donors (Lipinski definition) is 0. The molecule has 2 aliphatic rings. The standard InChI is InChI=1S/C28H38F3N5O2S/c1-26(2,3)23(37)34-16-14-33(15-17-34)12-8-6-7-9-13-35-25(39)36(24(38)27(35,4)5)21-11-10-20(19-32)22(18-21)28(29,30)31/h10-11,18H,6-9,12-17H2,1-5H3. The normalized spacial score (nSPS) is 18.6. The highest BCUT2D eigenvalue weighted by molar-refractivity contribution is 7.80. The molecular formula is C28H38F3N5O2S. The Morgan fingerprint density at radius 3 is 2.15 bits per heavy atom. The number of halogens is 3. The van der Waals surface area contributed by atoms with Gasteiger partial charge in [-0.1, -0.05) is 33.6 Å². The number of thiocarbonyl (C=S) groups is 1. The molecule has 0 spiro atoms. The molecule has 3 rings (SSSR count). The third kappa shape index (κ3) is 6.90. The van der Waals surface area contributed by atoms with E-state index in [2.05, 4.69) is 4.90 Å². The zero-order valence-corrected chi connectivity index (χ0v) is 24.2. The van der Waals surface area contributed by atoms with Gasteiger partial charge in [-0.15, -0.1) is 0 Å². The molecule has 2 aliphatic heterocycles. The monoisotopic (exact) mass is 565 g/mol. The minimum atomic E-state index is -4.72. The van der Waals surface area contributed by atoms with Crippen LogP contribution in [0.15, 0.2) is 18.2 Å². The molecular weight excluding hydrogens is 527 g/mol. The van der Waals surface area contributed by atoms with Gasteiger partial charge in [0.25, 0.3) is 5.91 Å². The molecule has 2 saturated heterocycles. The van der Waals surface area contributed by atoms with E-state index in [4.69, 9.17) is 17.5 Å². The number of unbranched alkanes of at least 4 members (excludes halogenated alkanes) is 3. The number of piperazine rings is 1. The summed E-state index contributed by atoms with van der Waals surface area (Å²) in [5, 5.41) is 9.25. The van der Waals surface area contributed by atoms with Crippen molar-refractivity contribution in [2.45, 2.75) is 72.0 Å². The maximum absolute atomic E-state index is 13.5. The van der Waals surface area contributed by atoms with Crippen LogP contribution >= 0.6 is 12.2 Å². The van der Waals surface area contributed by atoms with Crippen molar-refractivity contribution in [2.75, 3.05) is 44.2 Å². The molecule has 39 heavy (non-hydrogen) atoms. The van der Waals surface area contributed by atoms with Crippen LogP contribution in [0.4, 0.5) is 18.9 Å². The topological polar surface area (TPSA) is 70.9 Å². The first-order chi connectivity index (χ1) is 18.1. The van der Waals surface area contributed by atoms with E-state index in [0.29, 0.717) is 6.54 Å². The highest BCUT2D eigenvalue weighted by Crippen LogP contribution is 2.38. The van der Waals surface area contributed by atoms with Gasteiger partial charge < -0.3 is 9.80 Å². The molecule has 7 nitrogen and oxygen atoms in total. The van der Waals surface area contributed by atoms with Gasteiger partial charge in [-0.25, -0.2) is 0 Å². The minimum absolute atomic E-state index is 0.0104. The maximum atomic E-state index is 13.5. The molecule has 0 saturated carbocycles. The summed E-state index contributed by atoms with van der Waals surface area (Å²) in [5.74, 6) is -0.198. The summed E-state index contributed by atoms with van der Waals surface area (Å²) in [7, 11) is 0. The third-order valence-corrected chi connectivity index (χ3v) is 7.82. The van der Waals surface area contributed by atoms with Crippen molar-refractivity contribution in [2.24, 2.45) is 5.41 Å². The summed E-state index contributed by atoms with van der Waals surface area (Å²) in [5.41, 5.74) is -2.93. The van der Waals surface area contributed by atoms with Gasteiger partial charge in [0, 0.05) is 38.1 Å². The lowest BCUT2D eigenvalue weighted by molar-refractivity contribution is -0.141. The predicted octanol–water partition coefficient (Wildman–Crippen LogP) is 5.04. The second-order valence-corrected chi connectivity index (χ2v) is 12.1. The number of amides is 2. The average Bonchev–Trinajstić information content (AvgIpc) is 3.03. The summed E-state index contributed by atoms with van der Waals surface area (Å²) in [4.78, 5) is 32.9. The molecule has 2 amide bonds. The zero-order chi connectivity index (χ0) is 29.2. The van der Waals surface area contributed by atoms with Crippen molar-refractivity contribution in [3.8, 4) is 6.07 Å². The van der Waals surface area contributed by atoms with E-state index in [1.165, 1.54) is 6.07 Å². The second kappa shape index (κ2) is 11.8. The van der Waals surface area contributed by atoms with Gasteiger partial charge in [-0.3, -0.25) is 19.4 Å². The molecule has 0 aliphatic carbocycles. The van der Waals surface area contributed by atoms with Gasteiger partial charge in [-0.2, -0.15) is 18.4 Å². The summed E-state index contributed by atoms with van der Waals surface area (Å²) in [6.45, 7) is 14.0. The van der Waals surface area contributed by atoms with E-state index in [-0.39, 0.29) is 22.1 Å². The zero-order valence-electron chi connectivity index (χ0n) is 23.4. The Hall–Kier alpha value is -2.71. The van der Waals surface area contributed by atoms with Gasteiger partial charge in [0.2, 0.25) is 5.91 Å².